The Labute approximate surface area is 134 Å². The van der Waals surface area contributed by atoms with Gasteiger partial charge >= 0.3 is 0 Å². The molecule has 0 bridgehead atoms. The standard InChI is InChI=1S/C18H18N2OS/c1-12-13(2)19-18-15(12)9-10-17(22-3)20(18)11-16(21)14-7-5-4-6-8-14/h4-10H,11H2,1-3H3. The van der Waals surface area contributed by atoms with E-state index in [0.717, 1.165) is 27.7 Å². The van der Waals surface area contributed by atoms with Crippen LogP contribution in [-0.4, -0.2) is 21.6 Å². The van der Waals surface area contributed by atoms with E-state index < -0.39 is 0 Å². The van der Waals surface area contributed by atoms with Crippen LogP contribution in [0.2, 0.25) is 0 Å². The minimum absolute atomic E-state index is 0.103. The topological polar surface area (TPSA) is 34.9 Å². The molecule has 0 unspecified atom stereocenters. The predicted octanol–water partition coefficient (Wildman–Crippen LogP) is 4.21. The first-order chi connectivity index (χ1) is 10.6. The van der Waals surface area contributed by atoms with Gasteiger partial charge in [0, 0.05) is 16.8 Å². The highest BCUT2D eigenvalue weighted by atomic mass is 32.2. The Balaban J connectivity index is 2.05. The molecule has 112 valence electrons. The van der Waals surface area contributed by atoms with E-state index in [1.165, 1.54) is 5.56 Å². The Morgan fingerprint density at radius 2 is 1.86 bits per heavy atom. The van der Waals surface area contributed by atoms with Gasteiger partial charge in [-0.05, 0) is 37.8 Å². The number of aryl methyl sites for hydroxylation is 1. The minimum atomic E-state index is 0.103. The third-order valence-electron chi connectivity index (χ3n) is 3.98. The summed E-state index contributed by atoms with van der Waals surface area (Å²) in [5.74, 6) is 0.998. The van der Waals surface area contributed by atoms with Crippen molar-refractivity contribution >= 4 is 17.5 Å². The lowest BCUT2D eigenvalue weighted by Crippen LogP contribution is -2.15. The maximum Gasteiger partial charge on any atom is 0.182 e. The molecule has 4 heteroatoms. The molecule has 2 aliphatic heterocycles. The average Bonchev–Trinajstić information content (AvgIpc) is 2.84. The van der Waals surface area contributed by atoms with E-state index in [9.17, 15) is 4.79 Å². The number of rotatable bonds is 4. The highest BCUT2D eigenvalue weighted by Gasteiger charge is 2.19. The zero-order valence-electron chi connectivity index (χ0n) is 13.0. The zero-order valence-corrected chi connectivity index (χ0v) is 13.8. The Bertz CT molecular complexity index is 793. The second-order valence-corrected chi connectivity index (χ2v) is 6.14. The molecule has 0 fully saturated rings. The molecule has 1 aromatic rings. The van der Waals surface area contributed by atoms with E-state index in [1.807, 2.05) is 48.1 Å². The van der Waals surface area contributed by atoms with Gasteiger partial charge in [-0.3, -0.25) is 4.79 Å². The van der Waals surface area contributed by atoms with Crippen molar-refractivity contribution in [1.29, 1.82) is 0 Å². The third-order valence-corrected chi connectivity index (χ3v) is 4.76. The number of hydrogen-bond donors (Lipinski definition) is 0. The second-order valence-electron chi connectivity index (χ2n) is 5.31. The van der Waals surface area contributed by atoms with Crippen molar-refractivity contribution in [3.05, 3.63) is 59.3 Å². The molecule has 0 radical (unpaired) electrons. The number of benzene rings is 1. The van der Waals surface area contributed by atoms with Gasteiger partial charge in [0.05, 0.1) is 11.6 Å². The fourth-order valence-electron chi connectivity index (χ4n) is 2.61. The maximum absolute atomic E-state index is 12.6. The summed E-state index contributed by atoms with van der Waals surface area (Å²) in [6, 6.07) is 13.6. The van der Waals surface area contributed by atoms with Crippen molar-refractivity contribution in [3.8, 4) is 11.4 Å². The summed E-state index contributed by atoms with van der Waals surface area (Å²) < 4.78 is 2.02. The van der Waals surface area contributed by atoms with E-state index in [-0.39, 0.29) is 5.78 Å². The number of fused-ring (bicyclic) bond motifs is 1. The summed E-state index contributed by atoms with van der Waals surface area (Å²) in [5, 5.41) is 1.05. The Kier molecular flexibility index (Phi) is 4.03. The fraction of sp³-hybridized carbons (Fsp3) is 0.222. The molecule has 0 amide bonds. The quantitative estimate of drug-likeness (QED) is 0.535. The highest BCUT2D eigenvalue weighted by Crippen LogP contribution is 2.31. The van der Waals surface area contributed by atoms with Crippen LogP contribution in [0.25, 0.3) is 11.4 Å². The van der Waals surface area contributed by atoms with Crippen molar-refractivity contribution in [2.24, 2.45) is 0 Å². The summed E-state index contributed by atoms with van der Waals surface area (Å²) in [6.45, 7) is 4.40. The van der Waals surface area contributed by atoms with Crippen LogP contribution in [-0.2, 0) is 6.54 Å². The molecule has 0 aromatic heterocycles. The van der Waals surface area contributed by atoms with Crippen LogP contribution >= 0.6 is 11.8 Å². The summed E-state index contributed by atoms with van der Waals surface area (Å²) in [7, 11) is 0. The van der Waals surface area contributed by atoms with Crippen LogP contribution < -0.4 is 0 Å². The molecule has 2 heterocycles. The van der Waals surface area contributed by atoms with Crippen LogP contribution in [0.4, 0.5) is 0 Å². The summed E-state index contributed by atoms with van der Waals surface area (Å²) in [5.41, 5.74) is 4.06. The lowest BCUT2D eigenvalue weighted by atomic mass is 10.1. The number of nitrogens with zero attached hydrogens (tertiary/aromatic N) is 2. The van der Waals surface area contributed by atoms with E-state index >= 15 is 0 Å². The molecule has 0 N–H and O–H groups in total. The van der Waals surface area contributed by atoms with Gasteiger partial charge in [-0.2, -0.15) is 0 Å². The van der Waals surface area contributed by atoms with Gasteiger partial charge in [0.1, 0.15) is 5.82 Å². The molecule has 0 saturated heterocycles. The van der Waals surface area contributed by atoms with Crippen LogP contribution in [0, 0.1) is 13.8 Å². The SMILES string of the molecule is CSc1ccc2c(C)c(C)nc-2n1CC(=O)c1ccccc1. The number of hydrogen-bond acceptors (Lipinski definition) is 3. The smallest absolute Gasteiger partial charge is 0.182 e. The molecular weight excluding hydrogens is 292 g/mol. The first-order valence-corrected chi connectivity index (χ1v) is 8.43. The van der Waals surface area contributed by atoms with Crippen LogP contribution in [0.1, 0.15) is 21.6 Å². The van der Waals surface area contributed by atoms with E-state index in [0.29, 0.717) is 6.54 Å². The lowest BCUT2D eigenvalue weighted by molar-refractivity contribution is 0.0969. The number of pyridine rings is 1. The van der Waals surface area contributed by atoms with Crippen molar-refractivity contribution < 1.29 is 4.79 Å². The molecule has 1 aromatic carbocycles. The second kappa shape index (κ2) is 5.97. The Morgan fingerprint density at radius 3 is 2.55 bits per heavy atom. The van der Waals surface area contributed by atoms with Gasteiger partial charge in [0.25, 0.3) is 0 Å². The van der Waals surface area contributed by atoms with Gasteiger partial charge < -0.3 is 4.57 Å². The first kappa shape index (κ1) is 14.9. The maximum atomic E-state index is 12.6. The molecule has 2 aliphatic rings. The number of carbonyl (C=O) groups is 1. The summed E-state index contributed by atoms with van der Waals surface area (Å²) in [4.78, 5) is 17.2. The molecule has 3 nitrogen and oxygen atoms in total. The fourth-order valence-corrected chi connectivity index (χ4v) is 3.19. The normalized spacial score (nSPS) is 11.0. The number of thioether (sulfide) groups is 1. The first-order valence-electron chi connectivity index (χ1n) is 7.20. The van der Waals surface area contributed by atoms with Crippen molar-refractivity contribution in [1.82, 2.24) is 9.55 Å². The molecule has 0 spiro atoms. The molecule has 3 rings (SSSR count). The Hall–Kier alpha value is -2.07. The van der Waals surface area contributed by atoms with E-state index in [2.05, 4.69) is 24.0 Å². The van der Waals surface area contributed by atoms with Gasteiger partial charge in [0.2, 0.25) is 0 Å². The zero-order chi connectivity index (χ0) is 15.7. The van der Waals surface area contributed by atoms with Crippen LogP contribution in [0.3, 0.4) is 0 Å². The molecule has 0 saturated carbocycles. The molecular formula is C18H18N2OS. The lowest BCUT2D eigenvalue weighted by Gasteiger charge is -2.16. The monoisotopic (exact) mass is 310 g/mol. The number of Topliss-reactive ketones (excluding diaryl/α,β-unsaturated/α-hetero) is 1. The molecule has 0 atom stereocenters. The van der Waals surface area contributed by atoms with Crippen LogP contribution in [0.15, 0.2) is 47.5 Å². The third kappa shape index (κ3) is 2.55. The van der Waals surface area contributed by atoms with Crippen molar-refractivity contribution in [2.45, 2.75) is 25.4 Å². The van der Waals surface area contributed by atoms with Gasteiger partial charge in [0.15, 0.2) is 5.78 Å². The van der Waals surface area contributed by atoms with Crippen LogP contribution in [0.5, 0.6) is 0 Å². The number of ketones is 1. The van der Waals surface area contributed by atoms with E-state index in [1.54, 1.807) is 11.8 Å². The van der Waals surface area contributed by atoms with Gasteiger partial charge in [-0.25, -0.2) is 4.98 Å². The Morgan fingerprint density at radius 1 is 1.14 bits per heavy atom. The van der Waals surface area contributed by atoms with Crippen molar-refractivity contribution in [2.75, 3.05) is 6.26 Å². The summed E-state index contributed by atoms with van der Waals surface area (Å²) >= 11 is 1.63. The minimum Gasteiger partial charge on any atom is -0.313 e. The number of aromatic nitrogens is 2. The van der Waals surface area contributed by atoms with Gasteiger partial charge in [-0.15, -0.1) is 11.8 Å². The molecule has 0 aliphatic carbocycles. The molecule has 22 heavy (non-hydrogen) atoms. The highest BCUT2D eigenvalue weighted by molar-refractivity contribution is 7.98. The largest absolute Gasteiger partial charge is 0.313 e. The predicted molar refractivity (Wildman–Crippen MR) is 90.9 cm³/mol. The summed E-state index contributed by atoms with van der Waals surface area (Å²) in [6.07, 6.45) is 2.02. The van der Waals surface area contributed by atoms with Gasteiger partial charge in [-0.1, -0.05) is 30.3 Å². The number of carbonyl (C=O) groups excluding carboxylic acids is 1. The average molecular weight is 310 g/mol. The van der Waals surface area contributed by atoms with E-state index in [4.69, 9.17) is 0 Å². The van der Waals surface area contributed by atoms with Crippen molar-refractivity contribution in [3.63, 3.8) is 0 Å².